The summed E-state index contributed by atoms with van der Waals surface area (Å²) in [6.45, 7) is 5.83. The van der Waals surface area contributed by atoms with E-state index in [2.05, 4.69) is 11.7 Å². The van der Waals surface area contributed by atoms with Crippen LogP contribution in [0.5, 0.6) is 0 Å². The molecule has 0 unspecified atom stereocenters. The molecule has 0 bridgehead atoms. The van der Waals surface area contributed by atoms with Crippen LogP contribution in [0.25, 0.3) is 6.08 Å². The molecule has 1 aliphatic rings. The Labute approximate surface area is 151 Å². The first-order valence-electron chi connectivity index (χ1n) is 7.95. The zero-order valence-electron chi connectivity index (χ0n) is 14.7. The van der Waals surface area contributed by atoms with Gasteiger partial charge in [-0.3, -0.25) is 4.79 Å². The third-order valence-corrected chi connectivity index (χ3v) is 3.44. The smallest absolute Gasteiger partial charge is 0.368 e. The maximum absolute atomic E-state index is 12.1. The van der Waals surface area contributed by atoms with E-state index in [1.54, 1.807) is 54.1 Å². The van der Waals surface area contributed by atoms with Gasteiger partial charge in [-0.15, -0.1) is 0 Å². The molecular formula is C19H20N2O5. The van der Waals surface area contributed by atoms with Crippen LogP contribution in [0.4, 0.5) is 0 Å². The van der Waals surface area contributed by atoms with Crippen molar-refractivity contribution in [1.82, 2.24) is 4.57 Å². The molecule has 0 aromatic carbocycles. The number of methoxy groups -OCH3 is 1. The number of hydrogen-bond acceptors (Lipinski definition) is 6. The van der Waals surface area contributed by atoms with E-state index in [4.69, 9.17) is 14.3 Å². The normalized spacial score (nSPS) is 15.9. The molecule has 0 radical (unpaired) electrons. The second-order valence-electron chi connectivity index (χ2n) is 5.13. The van der Waals surface area contributed by atoms with Gasteiger partial charge >= 0.3 is 11.9 Å². The molecule has 0 spiro atoms. The highest BCUT2D eigenvalue weighted by Gasteiger charge is 2.27. The molecule has 0 saturated carbocycles. The first-order chi connectivity index (χ1) is 12.6. The van der Waals surface area contributed by atoms with E-state index < -0.39 is 5.97 Å². The Morgan fingerprint density at radius 2 is 2.27 bits per heavy atom. The Bertz CT molecular complexity index is 812. The molecule has 0 N–H and O–H groups in total. The van der Waals surface area contributed by atoms with Gasteiger partial charge in [0.25, 0.3) is 0 Å². The van der Waals surface area contributed by atoms with Gasteiger partial charge in [-0.1, -0.05) is 17.8 Å². The fraction of sp³-hybridized carbons (Fsp3) is 0.211. The fourth-order valence-electron chi connectivity index (χ4n) is 2.28. The number of allylic oxidation sites excluding steroid dienone is 4. The molecular weight excluding hydrogens is 336 g/mol. The first kappa shape index (κ1) is 19.0. The molecule has 7 heteroatoms. The van der Waals surface area contributed by atoms with E-state index in [-0.39, 0.29) is 18.1 Å². The van der Waals surface area contributed by atoms with Crippen molar-refractivity contribution in [3.05, 3.63) is 66.2 Å². The van der Waals surface area contributed by atoms with Crippen LogP contribution in [0, 0.1) is 0 Å². The molecule has 0 fully saturated rings. The van der Waals surface area contributed by atoms with Gasteiger partial charge in [0.15, 0.2) is 0 Å². The predicted octanol–water partition coefficient (Wildman–Crippen LogP) is 2.62. The van der Waals surface area contributed by atoms with Crippen LogP contribution < -0.4 is 0 Å². The molecule has 2 heterocycles. The number of oxime groups is 1. The van der Waals surface area contributed by atoms with E-state index in [0.717, 1.165) is 0 Å². The molecule has 136 valence electrons. The zero-order chi connectivity index (χ0) is 18.9. The number of aromatic nitrogens is 1. The van der Waals surface area contributed by atoms with Gasteiger partial charge in [0.2, 0.25) is 0 Å². The van der Waals surface area contributed by atoms with Crippen molar-refractivity contribution in [2.24, 2.45) is 5.16 Å². The van der Waals surface area contributed by atoms with Crippen LogP contribution in [0.3, 0.4) is 0 Å². The number of hydrogen-bond donors (Lipinski definition) is 0. The molecule has 0 aliphatic carbocycles. The van der Waals surface area contributed by atoms with E-state index in [9.17, 15) is 9.59 Å². The largest absolute Gasteiger partial charge is 0.504 e. The second kappa shape index (κ2) is 9.22. The van der Waals surface area contributed by atoms with E-state index in [1.807, 2.05) is 0 Å². The number of carbonyl (C=O) groups is 2. The summed E-state index contributed by atoms with van der Waals surface area (Å²) in [5.74, 6) is -0.935. The molecule has 7 nitrogen and oxygen atoms in total. The standard InChI is InChI=1S/C19H20N2O5/c1-4-14(8-7-11-24-3)18-16(19(23)26-20-18)12-15-9-6-10-21(15)13-17(22)25-5-2/h4,6-12H,1,5,13H2,2-3H3. The maximum atomic E-state index is 12.1. The van der Waals surface area contributed by atoms with Crippen molar-refractivity contribution < 1.29 is 23.9 Å². The lowest BCUT2D eigenvalue weighted by molar-refractivity contribution is -0.143. The minimum atomic E-state index is -0.577. The highest BCUT2D eigenvalue weighted by atomic mass is 16.7. The van der Waals surface area contributed by atoms with E-state index in [1.165, 1.54) is 13.4 Å². The molecule has 1 aromatic heterocycles. The molecule has 1 aromatic rings. The topological polar surface area (TPSA) is 79.1 Å². The maximum Gasteiger partial charge on any atom is 0.368 e. The summed E-state index contributed by atoms with van der Waals surface area (Å²) in [6.07, 6.45) is 9.74. The molecule has 26 heavy (non-hydrogen) atoms. The lowest BCUT2D eigenvalue weighted by Crippen LogP contribution is -2.14. The zero-order valence-corrected chi connectivity index (χ0v) is 14.7. The number of carbonyl (C=O) groups excluding carboxylic acids is 2. The minimum absolute atomic E-state index is 0.0439. The van der Waals surface area contributed by atoms with Gasteiger partial charge in [-0.05, 0) is 37.3 Å². The Kier molecular flexibility index (Phi) is 6.73. The SMILES string of the molecule is C=CC(=CC=COC)C1=NOC(=O)C1=Cc1cccn1CC(=O)OCC. The molecule has 0 amide bonds. The Morgan fingerprint density at radius 1 is 1.46 bits per heavy atom. The predicted molar refractivity (Wildman–Crippen MR) is 97.0 cm³/mol. The highest BCUT2D eigenvalue weighted by molar-refractivity contribution is 6.32. The fourth-order valence-corrected chi connectivity index (χ4v) is 2.28. The first-order valence-corrected chi connectivity index (χ1v) is 7.95. The van der Waals surface area contributed by atoms with Gasteiger partial charge in [0.05, 0.1) is 25.6 Å². The lowest BCUT2D eigenvalue weighted by Gasteiger charge is -2.07. The quantitative estimate of drug-likeness (QED) is 0.235. The van der Waals surface area contributed by atoms with Crippen LogP contribution in [-0.4, -0.2) is 35.9 Å². The number of esters is 1. The third kappa shape index (κ3) is 4.60. The monoisotopic (exact) mass is 356 g/mol. The van der Waals surface area contributed by atoms with Crippen LogP contribution in [-0.2, 0) is 30.4 Å². The average molecular weight is 356 g/mol. The van der Waals surface area contributed by atoms with Crippen molar-refractivity contribution in [2.75, 3.05) is 13.7 Å². The number of nitrogens with zero attached hydrogens (tertiary/aromatic N) is 2. The van der Waals surface area contributed by atoms with E-state index >= 15 is 0 Å². The summed E-state index contributed by atoms with van der Waals surface area (Å²) < 4.78 is 11.5. The summed E-state index contributed by atoms with van der Waals surface area (Å²) >= 11 is 0. The van der Waals surface area contributed by atoms with Gasteiger partial charge in [0, 0.05) is 17.5 Å². The third-order valence-electron chi connectivity index (χ3n) is 3.44. The number of rotatable bonds is 8. The molecule has 2 rings (SSSR count). The van der Waals surface area contributed by atoms with Crippen molar-refractivity contribution in [3.63, 3.8) is 0 Å². The second-order valence-corrected chi connectivity index (χ2v) is 5.13. The van der Waals surface area contributed by atoms with Crippen LogP contribution in [0.1, 0.15) is 12.6 Å². The Balaban J connectivity index is 2.32. The molecule has 1 aliphatic heterocycles. The van der Waals surface area contributed by atoms with Gasteiger partial charge in [-0.2, -0.15) is 0 Å². The molecule has 0 atom stereocenters. The summed E-state index contributed by atoms with van der Waals surface area (Å²) in [6, 6.07) is 3.55. The highest BCUT2D eigenvalue weighted by Crippen LogP contribution is 2.21. The Morgan fingerprint density at radius 3 is 2.96 bits per heavy atom. The Hall–Kier alpha value is -3.35. The average Bonchev–Trinajstić information content (AvgIpc) is 3.20. The van der Waals surface area contributed by atoms with Crippen molar-refractivity contribution in [2.45, 2.75) is 13.5 Å². The summed E-state index contributed by atoms with van der Waals surface area (Å²) in [5.41, 5.74) is 1.87. The summed E-state index contributed by atoms with van der Waals surface area (Å²) in [7, 11) is 1.53. The van der Waals surface area contributed by atoms with Crippen LogP contribution >= 0.6 is 0 Å². The van der Waals surface area contributed by atoms with Gasteiger partial charge < -0.3 is 18.9 Å². The van der Waals surface area contributed by atoms with Gasteiger partial charge in [-0.25, -0.2) is 4.79 Å². The van der Waals surface area contributed by atoms with Crippen LogP contribution in [0.15, 0.2) is 65.7 Å². The van der Waals surface area contributed by atoms with Crippen molar-refractivity contribution in [3.8, 4) is 0 Å². The van der Waals surface area contributed by atoms with Crippen molar-refractivity contribution >= 4 is 23.7 Å². The summed E-state index contributed by atoms with van der Waals surface area (Å²) in [5, 5.41) is 3.83. The van der Waals surface area contributed by atoms with Crippen LogP contribution in [0.2, 0.25) is 0 Å². The number of ether oxygens (including phenoxy) is 2. The lowest BCUT2D eigenvalue weighted by atomic mass is 10.0. The van der Waals surface area contributed by atoms with E-state index in [0.29, 0.717) is 23.6 Å². The molecule has 0 saturated heterocycles. The minimum Gasteiger partial charge on any atom is -0.504 e. The van der Waals surface area contributed by atoms with Gasteiger partial charge in [0.1, 0.15) is 12.3 Å². The van der Waals surface area contributed by atoms with Crippen molar-refractivity contribution in [1.29, 1.82) is 0 Å². The summed E-state index contributed by atoms with van der Waals surface area (Å²) in [4.78, 5) is 28.6.